The van der Waals surface area contributed by atoms with E-state index in [0.29, 0.717) is 43.9 Å². The number of hydrogen-bond acceptors (Lipinski definition) is 6. The predicted molar refractivity (Wildman–Crippen MR) is 102 cm³/mol. The molecule has 2 saturated heterocycles. The van der Waals surface area contributed by atoms with Crippen molar-refractivity contribution in [2.75, 3.05) is 45.2 Å². The third-order valence-corrected chi connectivity index (χ3v) is 7.67. The SMILES string of the molecule is Cc1cc(C)c(C#N)c(N2CC[C@@]3(O)CCN(S(=O)(=O)N(C)C)C[C@H]3C2)n1. The Hall–Kier alpha value is -1.73. The van der Waals surface area contributed by atoms with Gasteiger partial charge in [0.05, 0.1) is 11.2 Å². The highest BCUT2D eigenvalue weighted by molar-refractivity contribution is 7.86. The normalized spacial score (nSPS) is 26.7. The number of aliphatic hydroxyl groups is 1. The molecule has 0 amide bonds. The molecule has 1 aromatic heterocycles. The molecule has 3 rings (SSSR count). The fourth-order valence-corrected chi connectivity index (χ4v) is 5.24. The first-order valence-corrected chi connectivity index (χ1v) is 10.5. The highest BCUT2D eigenvalue weighted by Gasteiger charge is 2.48. The summed E-state index contributed by atoms with van der Waals surface area (Å²) in [4.78, 5) is 6.58. The molecule has 1 N–H and O–H groups in total. The molecule has 0 unspecified atom stereocenters. The van der Waals surface area contributed by atoms with Crippen LogP contribution < -0.4 is 4.90 Å². The van der Waals surface area contributed by atoms with Crippen LogP contribution in [0.15, 0.2) is 6.07 Å². The number of aromatic nitrogens is 1. The first kappa shape index (κ1) is 20.0. The minimum atomic E-state index is -3.52. The first-order chi connectivity index (χ1) is 12.6. The van der Waals surface area contributed by atoms with Crippen molar-refractivity contribution in [3.05, 3.63) is 22.9 Å². The summed E-state index contributed by atoms with van der Waals surface area (Å²) in [5.41, 5.74) is 1.38. The van der Waals surface area contributed by atoms with Gasteiger partial charge in [-0.15, -0.1) is 0 Å². The summed E-state index contributed by atoms with van der Waals surface area (Å²) in [6.07, 6.45) is 0.955. The topological polar surface area (TPSA) is 101 Å². The molecule has 0 bridgehead atoms. The molecule has 3 heterocycles. The highest BCUT2D eigenvalue weighted by atomic mass is 32.2. The van der Waals surface area contributed by atoms with Crippen LogP contribution in [0, 0.1) is 31.1 Å². The summed E-state index contributed by atoms with van der Waals surface area (Å²) in [6.45, 7) is 5.43. The van der Waals surface area contributed by atoms with Gasteiger partial charge in [0.15, 0.2) is 0 Å². The maximum Gasteiger partial charge on any atom is 0.281 e. The Morgan fingerprint density at radius 1 is 1.30 bits per heavy atom. The molecular formula is C18H27N5O3S. The van der Waals surface area contributed by atoms with Crippen molar-refractivity contribution in [3.8, 4) is 6.07 Å². The summed E-state index contributed by atoms with van der Waals surface area (Å²) in [5, 5.41) is 20.6. The second-order valence-corrected chi connectivity index (χ2v) is 9.93. The summed E-state index contributed by atoms with van der Waals surface area (Å²) >= 11 is 0. The molecule has 0 saturated carbocycles. The average molecular weight is 394 g/mol. The lowest BCUT2D eigenvalue weighted by atomic mass is 9.76. The van der Waals surface area contributed by atoms with Crippen molar-refractivity contribution >= 4 is 16.0 Å². The van der Waals surface area contributed by atoms with Crippen LogP contribution in [0.1, 0.15) is 29.7 Å². The monoisotopic (exact) mass is 393 g/mol. The van der Waals surface area contributed by atoms with E-state index in [2.05, 4.69) is 11.1 Å². The van der Waals surface area contributed by atoms with Gasteiger partial charge >= 0.3 is 0 Å². The van der Waals surface area contributed by atoms with Crippen molar-refractivity contribution < 1.29 is 13.5 Å². The van der Waals surface area contributed by atoms with E-state index in [0.717, 1.165) is 11.3 Å². The number of piperidine rings is 2. The Morgan fingerprint density at radius 2 is 1.96 bits per heavy atom. The second-order valence-electron chi connectivity index (χ2n) is 7.79. The second kappa shape index (κ2) is 7.02. The van der Waals surface area contributed by atoms with Gasteiger partial charge in [-0.1, -0.05) is 0 Å². The van der Waals surface area contributed by atoms with Crippen LogP contribution in [-0.4, -0.2) is 73.0 Å². The van der Waals surface area contributed by atoms with Gasteiger partial charge in [-0.05, 0) is 38.3 Å². The number of anilines is 1. The molecule has 0 spiro atoms. The van der Waals surface area contributed by atoms with E-state index in [1.165, 1.54) is 22.7 Å². The first-order valence-electron chi connectivity index (χ1n) is 9.12. The highest BCUT2D eigenvalue weighted by Crippen LogP contribution is 2.38. The lowest BCUT2D eigenvalue weighted by molar-refractivity contribution is -0.0695. The van der Waals surface area contributed by atoms with E-state index in [9.17, 15) is 18.8 Å². The van der Waals surface area contributed by atoms with Crippen molar-refractivity contribution in [2.24, 2.45) is 5.92 Å². The van der Waals surface area contributed by atoms with Gasteiger partial charge in [-0.25, -0.2) is 4.98 Å². The number of fused-ring (bicyclic) bond motifs is 1. The Morgan fingerprint density at radius 3 is 2.59 bits per heavy atom. The number of pyridine rings is 1. The van der Waals surface area contributed by atoms with E-state index < -0.39 is 15.8 Å². The van der Waals surface area contributed by atoms with E-state index in [-0.39, 0.29) is 12.5 Å². The van der Waals surface area contributed by atoms with Gasteiger partial charge in [0, 0.05) is 51.9 Å². The molecule has 2 atom stereocenters. The lowest BCUT2D eigenvalue weighted by Gasteiger charge is -2.50. The van der Waals surface area contributed by atoms with Crippen LogP contribution in [0.5, 0.6) is 0 Å². The summed E-state index contributed by atoms with van der Waals surface area (Å²) < 4.78 is 27.7. The van der Waals surface area contributed by atoms with Gasteiger partial charge in [-0.2, -0.15) is 22.3 Å². The zero-order valence-corrected chi connectivity index (χ0v) is 17.1. The fraction of sp³-hybridized carbons (Fsp3) is 0.667. The molecule has 2 aliphatic heterocycles. The number of hydrogen-bond donors (Lipinski definition) is 1. The molecule has 2 fully saturated rings. The molecule has 0 aliphatic carbocycles. The Labute approximate surface area is 161 Å². The third kappa shape index (κ3) is 3.55. The van der Waals surface area contributed by atoms with Gasteiger partial charge in [-0.3, -0.25) is 0 Å². The summed E-state index contributed by atoms with van der Waals surface area (Å²) in [5.74, 6) is 0.397. The zero-order chi connectivity index (χ0) is 20.0. The standard InChI is InChI=1S/C18H27N5O3S/c1-13-9-14(2)20-17(16(13)10-19)22-7-5-18(24)6-8-23(12-15(18)11-22)27(25,26)21(3)4/h9,15,24H,5-8,11-12H2,1-4H3/t15-,18-/m1/s1. The Balaban J connectivity index is 1.89. The Kier molecular flexibility index (Phi) is 5.20. The van der Waals surface area contributed by atoms with Gasteiger partial charge < -0.3 is 10.0 Å². The van der Waals surface area contributed by atoms with Crippen LogP contribution in [0.25, 0.3) is 0 Å². The van der Waals surface area contributed by atoms with Crippen molar-refractivity contribution in [2.45, 2.75) is 32.3 Å². The van der Waals surface area contributed by atoms with Gasteiger partial charge in [0.2, 0.25) is 0 Å². The number of aryl methyl sites for hydroxylation is 2. The quantitative estimate of drug-likeness (QED) is 0.809. The molecule has 1 aromatic rings. The van der Waals surface area contributed by atoms with Crippen LogP contribution in [-0.2, 0) is 10.2 Å². The maximum atomic E-state index is 12.5. The largest absolute Gasteiger partial charge is 0.389 e. The molecule has 8 nitrogen and oxygen atoms in total. The van der Waals surface area contributed by atoms with Crippen molar-refractivity contribution in [1.82, 2.24) is 13.6 Å². The minimum Gasteiger partial charge on any atom is -0.389 e. The molecule has 27 heavy (non-hydrogen) atoms. The smallest absolute Gasteiger partial charge is 0.281 e. The van der Waals surface area contributed by atoms with Crippen LogP contribution in [0.2, 0.25) is 0 Å². The van der Waals surface area contributed by atoms with E-state index in [1.54, 1.807) is 0 Å². The van der Waals surface area contributed by atoms with E-state index in [1.807, 2.05) is 24.8 Å². The van der Waals surface area contributed by atoms with Crippen molar-refractivity contribution in [3.63, 3.8) is 0 Å². The zero-order valence-electron chi connectivity index (χ0n) is 16.3. The van der Waals surface area contributed by atoms with Gasteiger partial charge in [0.25, 0.3) is 10.2 Å². The molecular weight excluding hydrogens is 366 g/mol. The number of rotatable bonds is 3. The molecule has 9 heteroatoms. The molecule has 0 aromatic carbocycles. The fourth-order valence-electron chi connectivity index (χ4n) is 4.09. The number of nitriles is 1. The van der Waals surface area contributed by atoms with Crippen LogP contribution in [0.4, 0.5) is 5.82 Å². The number of nitrogens with zero attached hydrogens (tertiary/aromatic N) is 5. The predicted octanol–water partition coefficient (Wildman–Crippen LogP) is 0.640. The molecule has 148 valence electrons. The summed E-state index contributed by atoms with van der Waals surface area (Å²) in [7, 11) is -0.485. The summed E-state index contributed by atoms with van der Waals surface area (Å²) in [6, 6.07) is 4.12. The maximum absolute atomic E-state index is 12.5. The average Bonchev–Trinajstić information content (AvgIpc) is 2.59. The lowest BCUT2D eigenvalue weighted by Crippen LogP contribution is -2.61. The Bertz CT molecular complexity index is 880. The van der Waals surface area contributed by atoms with E-state index in [4.69, 9.17) is 0 Å². The van der Waals surface area contributed by atoms with E-state index >= 15 is 0 Å². The van der Waals surface area contributed by atoms with Gasteiger partial charge in [0.1, 0.15) is 11.9 Å². The van der Waals surface area contributed by atoms with Crippen molar-refractivity contribution in [1.29, 1.82) is 5.26 Å². The molecule has 0 radical (unpaired) electrons. The van der Waals surface area contributed by atoms with Crippen LogP contribution in [0.3, 0.4) is 0 Å². The van der Waals surface area contributed by atoms with Crippen LogP contribution >= 0.6 is 0 Å². The third-order valence-electron chi connectivity index (χ3n) is 5.76. The molecule has 2 aliphatic rings. The minimum absolute atomic E-state index is 0.233.